The molecule has 2 aliphatic carbocycles. The number of rotatable bonds is 5. The van der Waals surface area contributed by atoms with Gasteiger partial charge in [0.05, 0.1) is 7.11 Å². The van der Waals surface area contributed by atoms with E-state index in [-0.39, 0.29) is 27.8 Å². The molecule has 164 valence electrons. The van der Waals surface area contributed by atoms with Crippen molar-refractivity contribution < 1.29 is 24.5 Å². The molecule has 0 radical (unpaired) electrons. The topological polar surface area (TPSA) is 95.9 Å². The number of allylic oxidation sites excluding steroid dienone is 1. The minimum atomic E-state index is -0.722. The third-order valence-electron chi connectivity index (χ3n) is 8.10. The van der Waals surface area contributed by atoms with Gasteiger partial charge in [-0.15, -0.1) is 0 Å². The maximum absolute atomic E-state index is 12.2. The van der Waals surface area contributed by atoms with Gasteiger partial charge in [0.15, 0.2) is 5.75 Å². The van der Waals surface area contributed by atoms with Crippen LogP contribution in [0.5, 0.6) is 11.5 Å². The number of esters is 1. The van der Waals surface area contributed by atoms with E-state index in [0.29, 0.717) is 30.2 Å². The molecule has 2 fully saturated rings. The highest BCUT2D eigenvalue weighted by Gasteiger charge is 2.54. The fourth-order valence-corrected chi connectivity index (χ4v) is 5.99. The maximum Gasteiger partial charge on any atom is 0.341 e. The van der Waals surface area contributed by atoms with Gasteiger partial charge in [0, 0.05) is 0 Å². The number of methoxy groups -OCH3 is 1. The Kier molecular flexibility index (Phi) is 5.89. The fourth-order valence-electron chi connectivity index (χ4n) is 5.99. The number of hydrogen-bond acceptors (Lipinski definition) is 5. The van der Waals surface area contributed by atoms with Crippen LogP contribution >= 0.6 is 0 Å². The Bertz CT molecular complexity index is 879. The van der Waals surface area contributed by atoms with Crippen molar-refractivity contribution >= 4 is 18.1 Å². The first-order valence-electron chi connectivity index (χ1n) is 10.6. The van der Waals surface area contributed by atoms with Crippen molar-refractivity contribution in [3.05, 3.63) is 29.3 Å². The normalized spacial score (nSPS) is 31.0. The third kappa shape index (κ3) is 3.36. The predicted octanol–water partition coefficient (Wildman–Crippen LogP) is 4.79. The Balaban J connectivity index is 2.11. The third-order valence-corrected chi connectivity index (χ3v) is 8.10. The van der Waals surface area contributed by atoms with Crippen LogP contribution < -0.4 is 5.32 Å². The van der Waals surface area contributed by atoms with Crippen LogP contribution in [0.25, 0.3) is 0 Å². The number of nitrogens with one attached hydrogen (secondary N) is 1. The first kappa shape index (κ1) is 22.2. The van der Waals surface area contributed by atoms with Gasteiger partial charge in [-0.05, 0) is 72.8 Å². The SMILES string of the molecule is C=C1CCCC2C1(C)CCC(C)C2(C)Cc1cc(C(=O)OC)c(O)c(NC=O)c1O. The minimum Gasteiger partial charge on any atom is -0.505 e. The zero-order valence-electron chi connectivity index (χ0n) is 18.4. The van der Waals surface area contributed by atoms with Gasteiger partial charge < -0.3 is 20.3 Å². The number of aromatic hydroxyl groups is 2. The van der Waals surface area contributed by atoms with Gasteiger partial charge >= 0.3 is 5.97 Å². The van der Waals surface area contributed by atoms with Crippen LogP contribution in [0.15, 0.2) is 18.2 Å². The molecule has 3 N–H and O–H groups in total. The Labute approximate surface area is 178 Å². The first-order valence-corrected chi connectivity index (χ1v) is 10.6. The molecule has 0 aliphatic heterocycles. The fraction of sp³-hybridized carbons (Fsp3) is 0.583. The van der Waals surface area contributed by atoms with Crippen LogP contribution in [0, 0.1) is 22.7 Å². The maximum atomic E-state index is 12.2. The number of carbonyl (C=O) groups excluding carboxylic acids is 2. The molecular formula is C24H33NO5. The lowest BCUT2D eigenvalue weighted by atomic mass is 9.46. The highest BCUT2D eigenvalue weighted by molar-refractivity contribution is 5.97. The lowest BCUT2D eigenvalue weighted by Gasteiger charge is -2.59. The van der Waals surface area contributed by atoms with Crippen molar-refractivity contribution in [3.8, 4) is 11.5 Å². The van der Waals surface area contributed by atoms with Gasteiger partial charge in [0.2, 0.25) is 6.41 Å². The van der Waals surface area contributed by atoms with Gasteiger partial charge in [-0.25, -0.2) is 4.79 Å². The lowest BCUT2D eigenvalue weighted by Crippen LogP contribution is -2.51. The van der Waals surface area contributed by atoms with E-state index in [1.54, 1.807) is 0 Å². The molecule has 1 aromatic carbocycles. The van der Waals surface area contributed by atoms with Crippen molar-refractivity contribution in [2.45, 2.75) is 59.3 Å². The summed E-state index contributed by atoms with van der Waals surface area (Å²) in [5.74, 6) is -0.623. The van der Waals surface area contributed by atoms with Gasteiger partial charge in [-0.2, -0.15) is 0 Å². The Morgan fingerprint density at radius 3 is 2.67 bits per heavy atom. The zero-order valence-corrected chi connectivity index (χ0v) is 18.4. The molecule has 1 amide bonds. The van der Waals surface area contributed by atoms with Gasteiger partial charge in [0.25, 0.3) is 0 Å². The van der Waals surface area contributed by atoms with Crippen molar-refractivity contribution in [2.75, 3.05) is 12.4 Å². The van der Waals surface area contributed by atoms with E-state index in [9.17, 15) is 19.8 Å². The molecule has 0 spiro atoms. The van der Waals surface area contributed by atoms with Crippen molar-refractivity contribution in [3.63, 3.8) is 0 Å². The second kappa shape index (κ2) is 7.97. The van der Waals surface area contributed by atoms with E-state index >= 15 is 0 Å². The average molecular weight is 416 g/mol. The monoisotopic (exact) mass is 415 g/mol. The molecule has 30 heavy (non-hydrogen) atoms. The number of benzene rings is 1. The molecule has 1 aromatic rings. The summed E-state index contributed by atoms with van der Waals surface area (Å²) in [7, 11) is 1.23. The molecular weight excluding hydrogens is 382 g/mol. The number of ether oxygens (including phenoxy) is 1. The second-order valence-electron chi connectivity index (χ2n) is 9.50. The largest absolute Gasteiger partial charge is 0.505 e. The average Bonchev–Trinajstić information content (AvgIpc) is 2.71. The highest BCUT2D eigenvalue weighted by Crippen LogP contribution is 2.62. The van der Waals surface area contributed by atoms with Gasteiger partial charge in [0.1, 0.15) is 17.0 Å². The molecule has 0 saturated heterocycles. The molecule has 2 aliphatic rings. The molecule has 0 bridgehead atoms. The van der Waals surface area contributed by atoms with Crippen LogP contribution in [-0.2, 0) is 16.0 Å². The minimum absolute atomic E-state index is 0.0567. The molecule has 2 saturated carbocycles. The standard InChI is InChI=1S/C24H33NO5/c1-14-7-6-8-18-23(14,3)10-9-15(2)24(18,4)12-16-11-17(22(29)30-5)21(28)19(20(16)27)25-13-26/h11,13,15,18,27-28H,1,6-10,12H2,2-5H3,(H,25,26). The first-order chi connectivity index (χ1) is 14.1. The van der Waals surface area contributed by atoms with Crippen LogP contribution in [0.2, 0.25) is 0 Å². The van der Waals surface area contributed by atoms with Crippen LogP contribution in [0.4, 0.5) is 5.69 Å². The Morgan fingerprint density at radius 2 is 2.03 bits per heavy atom. The quantitative estimate of drug-likeness (QED) is 0.278. The Hall–Kier alpha value is -2.50. The number of amides is 1. The van der Waals surface area contributed by atoms with Crippen molar-refractivity contribution in [1.82, 2.24) is 0 Å². The van der Waals surface area contributed by atoms with Gasteiger partial charge in [-0.3, -0.25) is 4.79 Å². The summed E-state index contributed by atoms with van der Waals surface area (Å²) in [6.07, 6.45) is 6.32. The number of phenols is 2. The molecule has 6 nitrogen and oxygen atoms in total. The molecule has 3 rings (SSSR count). The summed E-state index contributed by atoms with van der Waals surface area (Å²) in [5.41, 5.74) is 1.51. The smallest absolute Gasteiger partial charge is 0.341 e. The van der Waals surface area contributed by atoms with E-state index in [1.165, 1.54) is 18.7 Å². The van der Waals surface area contributed by atoms with E-state index in [0.717, 1.165) is 32.1 Å². The summed E-state index contributed by atoms with van der Waals surface area (Å²) < 4.78 is 4.79. The highest BCUT2D eigenvalue weighted by atomic mass is 16.5. The molecule has 4 atom stereocenters. The number of fused-ring (bicyclic) bond motifs is 1. The summed E-state index contributed by atoms with van der Waals surface area (Å²) in [6.45, 7) is 11.2. The number of anilines is 1. The number of hydrogen-bond donors (Lipinski definition) is 3. The Morgan fingerprint density at radius 1 is 1.33 bits per heavy atom. The summed E-state index contributed by atoms with van der Waals surface area (Å²) >= 11 is 0. The van der Waals surface area contributed by atoms with E-state index in [2.05, 4.69) is 32.7 Å². The van der Waals surface area contributed by atoms with E-state index in [1.807, 2.05) is 0 Å². The van der Waals surface area contributed by atoms with Crippen LogP contribution in [-0.4, -0.2) is 29.7 Å². The zero-order chi connectivity index (χ0) is 22.3. The summed E-state index contributed by atoms with van der Waals surface area (Å²) in [4.78, 5) is 23.3. The number of phenolic OH excluding ortho intramolecular Hbond substituents is 2. The summed E-state index contributed by atoms with van der Waals surface area (Å²) in [5, 5.41) is 23.6. The van der Waals surface area contributed by atoms with Crippen molar-refractivity contribution in [2.24, 2.45) is 22.7 Å². The lowest BCUT2D eigenvalue weighted by molar-refractivity contribution is -0.105. The molecule has 4 unspecified atom stereocenters. The molecule has 0 aromatic heterocycles. The molecule has 0 heterocycles. The summed E-state index contributed by atoms with van der Waals surface area (Å²) in [6, 6.07) is 1.49. The van der Waals surface area contributed by atoms with E-state index < -0.39 is 11.7 Å². The van der Waals surface area contributed by atoms with E-state index in [4.69, 9.17) is 4.74 Å². The second-order valence-corrected chi connectivity index (χ2v) is 9.50. The van der Waals surface area contributed by atoms with Crippen molar-refractivity contribution in [1.29, 1.82) is 0 Å². The molecule has 6 heteroatoms. The predicted molar refractivity (Wildman–Crippen MR) is 116 cm³/mol. The van der Waals surface area contributed by atoms with Crippen LogP contribution in [0.1, 0.15) is 68.8 Å². The van der Waals surface area contributed by atoms with Crippen LogP contribution in [0.3, 0.4) is 0 Å². The number of carbonyl (C=O) groups is 2. The van der Waals surface area contributed by atoms with Gasteiger partial charge in [-0.1, -0.05) is 32.9 Å².